The predicted octanol–water partition coefficient (Wildman–Crippen LogP) is 2.04. The van der Waals surface area contributed by atoms with E-state index < -0.39 is 0 Å². The van der Waals surface area contributed by atoms with Crippen LogP contribution in [0.15, 0.2) is 36.0 Å². The first-order chi connectivity index (χ1) is 7.40. The van der Waals surface area contributed by atoms with Crippen molar-refractivity contribution < 1.29 is 0 Å². The Morgan fingerprint density at radius 2 is 2.13 bits per heavy atom. The van der Waals surface area contributed by atoms with Gasteiger partial charge in [-0.2, -0.15) is 0 Å². The van der Waals surface area contributed by atoms with E-state index in [-0.39, 0.29) is 6.04 Å². The van der Waals surface area contributed by atoms with Gasteiger partial charge in [0, 0.05) is 23.7 Å². The molecule has 2 heterocycles. The zero-order valence-electron chi connectivity index (χ0n) is 8.55. The van der Waals surface area contributed by atoms with E-state index in [9.17, 15) is 0 Å². The lowest BCUT2D eigenvalue weighted by Gasteiger charge is -2.12. The molecule has 0 fully saturated rings. The lowest BCUT2D eigenvalue weighted by atomic mass is 10.1. The minimum absolute atomic E-state index is 0.199. The first-order valence-electron chi connectivity index (χ1n) is 4.86. The molecule has 1 atom stereocenters. The summed E-state index contributed by atoms with van der Waals surface area (Å²) in [6.07, 6.45) is 4.50. The van der Waals surface area contributed by atoms with Crippen LogP contribution < -0.4 is 5.32 Å². The molecule has 2 aromatic heterocycles. The summed E-state index contributed by atoms with van der Waals surface area (Å²) >= 11 is 1.77. The van der Waals surface area contributed by atoms with Crippen LogP contribution in [-0.4, -0.2) is 17.0 Å². The van der Waals surface area contributed by atoms with Crippen molar-refractivity contribution in [2.45, 2.75) is 12.5 Å². The zero-order valence-corrected chi connectivity index (χ0v) is 9.37. The third kappa shape index (κ3) is 2.61. The summed E-state index contributed by atoms with van der Waals surface area (Å²) in [6.45, 7) is 0. The molecular formula is C11H13N3S. The fourth-order valence-corrected chi connectivity index (χ4v) is 2.19. The Morgan fingerprint density at radius 3 is 2.73 bits per heavy atom. The SMILES string of the molecule is CNC(Cc1cccs1)c1ncccn1. The first-order valence-corrected chi connectivity index (χ1v) is 5.74. The van der Waals surface area contributed by atoms with Crippen LogP contribution >= 0.6 is 11.3 Å². The lowest BCUT2D eigenvalue weighted by Crippen LogP contribution is -2.20. The van der Waals surface area contributed by atoms with Crippen LogP contribution in [0.2, 0.25) is 0 Å². The molecule has 78 valence electrons. The summed E-state index contributed by atoms with van der Waals surface area (Å²) in [7, 11) is 1.94. The van der Waals surface area contributed by atoms with Gasteiger partial charge in [0.15, 0.2) is 0 Å². The molecular weight excluding hydrogens is 206 g/mol. The topological polar surface area (TPSA) is 37.8 Å². The van der Waals surface area contributed by atoms with Crippen molar-refractivity contribution in [1.82, 2.24) is 15.3 Å². The first kappa shape index (κ1) is 10.3. The van der Waals surface area contributed by atoms with E-state index in [0.29, 0.717) is 0 Å². The number of hydrogen-bond acceptors (Lipinski definition) is 4. The van der Waals surface area contributed by atoms with Gasteiger partial charge in [-0.25, -0.2) is 9.97 Å². The van der Waals surface area contributed by atoms with Gasteiger partial charge in [-0.05, 0) is 24.6 Å². The molecule has 4 heteroatoms. The Kier molecular flexibility index (Phi) is 3.42. The molecule has 15 heavy (non-hydrogen) atoms. The van der Waals surface area contributed by atoms with Crippen molar-refractivity contribution in [2.75, 3.05) is 7.05 Å². The summed E-state index contributed by atoms with van der Waals surface area (Å²) in [5, 5.41) is 5.33. The molecule has 0 bridgehead atoms. The van der Waals surface area contributed by atoms with Gasteiger partial charge in [0.2, 0.25) is 0 Å². The average molecular weight is 219 g/mol. The largest absolute Gasteiger partial charge is 0.310 e. The smallest absolute Gasteiger partial charge is 0.145 e. The van der Waals surface area contributed by atoms with Crippen LogP contribution in [0.3, 0.4) is 0 Å². The summed E-state index contributed by atoms with van der Waals surface area (Å²) in [4.78, 5) is 9.87. The molecule has 0 aromatic carbocycles. The van der Waals surface area contributed by atoms with Crippen LogP contribution in [0.4, 0.5) is 0 Å². The second-order valence-corrected chi connectivity index (χ2v) is 4.26. The molecule has 0 spiro atoms. The van der Waals surface area contributed by atoms with E-state index in [1.54, 1.807) is 23.7 Å². The Morgan fingerprint density at radius 1 is 1.33 bits per heavy atom. The Bertz CT molecular complexity index is 385. The molecule has 0 aliphatic rings. The van der Waals surface area contributed by atoms with Crippen molar-refractivity contribution in [3.05, 3.63) is 46.7 Å². The molecule has 1 N–H and O–H groups in total. The van der Waals surface area contributed by atoms with Gasteiger partial charge >= 0.3 is 0 Å². The van der Waals surface area contributed by atoms with Crippen LogP contribution in [0.5, 0.6) is 0 Å². The van der Waals surface area contributed by atoms with Crippen molar-refractivity contribution in [1.29, 1.82) is 0 Å². The number of nitrogens with zero attached hydrogens (tertiary/aromatic N) is 2. The van der Waals surface area contributed by atoms with Crippen molar-refractivity contribution in [3.63, 3.8) is 0 Å². The Labute approximate surface area is 93.2 Å². The average Bonchev–Trinajstić information content (AvgIpc) is 2.80. The van der Waals surface area contributed by atoms with Crippen LogP contribution in [0.1, 0.15) is 16.7 Å². The van der Waals surface area contributed by atoms with Crippen LogP contribution in [0.25, 0.3) is 0 Å². The third-order valence-corrected chi connectivity index (χ3v) is 3.13. The second kappa shape index (κ2) is 5.00. The van der Waals surface area contributed by atoms with Gasteiger partial charge in [-0.1, -0.05) is 6.07 Å². The number of thiophene rings is 1. The fourth-order valence-electron chi connectivity index (χ4n) is 1.44. The maximum Gasteiger partial charge on any atom is 0.145 e. The molecule has 0 saturated heterocycles. The molecule has 0 aliphatic carbocycles. The summed E-state index contributed by atoms with van der Waals surface area (Å²) in [5.74, 6) is 0.855. The maximum atomic E-state index is 4.26. The summed E-state index contributed by atoms with van der Waals surface area (Å²) in [6, 6.07) is 6.24. The van der Waals surface area contributed by atoms with Crippen molar-refractivity contribution in [3.8, 4) is 0 Å². The van der Waals surface area contributed by atoms with Gasteiger partial charge in [-0.15, -0.1) is 11.3 Å². The Hall–Kier alpha value is -1.26. The van der Waals surface area contributed by atoms with Gasteiger partial charge in [0.05, 0.1) is 6.04 Å². The predicted molar refractivity (Wildman–Crippen MR) is 61.9 cm³/mol. The fraction of sp³-hybridized carbons (Fsp3) is 0.273. The van der Waals surface area contributed by atoms with E-state index in [4.69, 9.17) is 0 Å². The highest BCUT2D eigenvalue weighted by atomic mass is 32.1. The normalized spacial score (nSPS) is 12.6. The molecule has 0 amide bonds. The standard InChI is InChI=1S/C11H13N3S/c1-12-10(8-9-4-2-7-15-9)11-13-5-3-6-14-11/h2-7,10,12H,8H2,1H3. The Balaban J connectivity index is 2.12. The number of likely N-dealkylation sites (N-methyl/N-ethyl adjacent to an activating group) is 1. The molecule has 3 nitrogen and oxygen atoms in total. The van der Waals surface area contributed by atoms with Gasteiger partial charge in [0.25, 0.3) is 0 Å². The number of rotatable bonds is 4. The van der Waals surface area contributed by atoms with Gasteiger partial charge in [0.1, 0.15) is 5.82 Å². The highest BCUT2D eigenvalue weighted by molar-refractivity contribution is 7.09. The quantitative estimate of drug-likeness (QED) is 0.855. The molecule has 2 aromatic rings. The monoisotopic (exact) mass is 219 g/mol. The number of hydrogen-bond donors (Lipinski definition) is 1. The molecule has 0 saturated carbocycles. The minimum atomic E-state index is 0.199. The van der Waals surface area contributed by atoms with E-state index >= 15 is 0 Å². The number of nitrogens with one attached hydrogen (secondary N) is 1. The van der Waals surface area contributed by atoms with E-state index in [2.05, 4.69) is 32.8 Å². The highest BCUT2D eigenvalue weighted by Gasteiger charge is 2.12. The lowest BCUT2D eigenvalue weighted by molar-refractivity contribution is 0.561. The summed E-state index contributed by atoms with van der Waals surface area (Å²) in [5.41, 5.74) is 0. The third-order valence-electron chi connectivity index (χ3n) is 2.23. The van der Waals surface area contributed by atoms with Crippen LogP contribution in [0, 0.1) is 0 Å². The number of aromatic nitrogens is 2. The molecule has 1 unspecified atom stereocenters. The van der Waals surface area contributed by atoms with E-state index in [1.807, 2.05) is 13.1 Å². The highest BCUT2D eigenvalue weighted by Crippen LogP contribution is 2.17. The maximum absolute atomic E-state index is 4.26. The second-order valence-electron chi connectivity index (χ2n) is 3.23. The van der Waals surface area contributed by atoms with Gasteiger partial charge < -0.3 is 5.32 Å². The zero-order chi connectivity index (χ0) is 10.5. The summed E-state index contributed by atoms with van der Waals surface area (Å²) < 4.78 is 0. The molecule has 0 aliphatic heterocycles. The van der Waals surface area contributed by atoms with Gasteiger partial charge in [-0.3, -0.25) is 0 Å². The molecule has 0 radical (unpaired) electrons. The molecule has 2 rings (SSSR count). The van der Waals surface area contributed by atoms with E-state index in [0.717, 1.165) is 12.2 Å². The minimum Gasteiger partial charge on any atom is -0.310 e. The van der Waals surface area contributed by atoms with E-state index in [1.165, 1.54) is 4.88 Å². The van der Waals surface area contributed by atoms with Crippen molar-refractivity contribution >= 4 is 11.3 Å². The van der Waals surface area contributed by atoms with Crippen LogP contribution in [-0.2, 0) is 6.42 Å². The van der Waals surface area contributed by atoms with Crippen molar-refractivity contribution in [2.24, 2.45) is 0 Å².